The third-order valence-corrected chi connectivity index (χ3v) is 4.02. The highest BCUT2D eigenvalue weighted by Crippen LogP contribution is 2.23. The molecule has 1 N–H and O–H groups in total. The van der Waals surface area contributed by atoms with Gasteiger partial charge >= 0.3 is 0 Å². The highest BCUT2D eigenvalue weighted by atomic mass is 32.2. The molecule has 0 aliphatic heterocycles. The number of sulfone groups is 1. The normalized spacial score (nSPS) is 12.4. The Balaban J connectivity index is 2.79. The molecule has 0 bridgehead atoms. The van der Waals surface area contributed by atoms with E-state index in [1.54, 1.807) is 25.4 Å². The van der Waals surface area contributed by atoms with Gasteiger partial charge in [0.25, 0.3) is 0 Å². The van der Waals surface area contributed by atoms with Crippen molar-refractivity contribution in [2.75, 3.05) is 31.8 Å². The van der Waals surface area contributed by atoms with Crippen molar-refractivity contribution in [3.63, 3.8) is 0 Å². The first-order valence-electron chi connectivity index (χ1n) is 6.14. The predicted octanol–water partition coefficient (Wildman–Crippen LogP) is 1.96. The number of rotatable bonds is 7. The number of ether oxygens (including phenoxy) is 1. The Labute approximate surface area is 115 Å². The highest BCUT2D eigenvalue weighted by molar-refractivity contribution is 7.90. The van der Waals surface area contributed by atoms with E-state index < -0.39 is 9.84 Å². The second kappa shape index (κ2) is 6.34. The van der Waals surface area contributed by atoms with E-state index in [9.17, 15) is 8.42 Å². The van der Waals surface area contributed by atoms with Gasteiger partial charge in [-0.15, -0.1) is 0 Å². The van der Waals surface area contributed by atoms with E-state index >= 15 is 0 Å². The molecule has 0 aliphatic carbocycles. The Morgan fingerprint density at radius 2 is 2.11 bits per heavy atom. The molecule has 0 amide bonds. The minimum absolute atomic E-state index is 0.00229. The lowest BCUT2D eigenvalue weighted by Gasteiger charge is -2.25. The molecule has 1 heterocycles. The van der Waals surface area contributed by atoms with E-state index in [1.165, 1.54) is 6.26 Å². The van der Waals surface area contributed by atoms with Crippen molar-refractivity contribution in [2.45, 2.75) is 25.2 Å². The lowest BCUT2D eigenvalue weighted by Crippen LogP contribution is -2.25. The van der Waals surface area contributed by atoms with Crippen LogP contribution >= 0.6 is 0 Å². The number of nitrogens with zero attached hydrogens (tertiary/aromatic N) is 1. The standard InChI is InChI=1S/C13H22N2O3S/c1-13(2,7-9-18-3)10-15-12-11(19(4,16)17)6-5-8-14-12/h5-6,8H,7,9-10H2,1-4H3,(H,14,15). The molecule has 6 heteroatoms. The quantitative estimate of drug-likeness (QED) is 0.830. The molecule has 19 heavy (non-hydrogen) atoms. The fraction of sp³-hybridized carbons (Fsp3) is 0.615. The van der Waals surface area contributed by atoms with Crippen LogP contribution < -0.4 is 5.32 Å². The van der Waals surface area contributed by atoms with Gasteiger partial charge in [-0.25, -0.2) is 13.4 Å². The summed E-state index contributed by atoms with van der Waals surface area (Å²) >= 11 is 0. The first kappa shape index (κ1) is 15.9. The largest absolute Gasteiger partial charge is 0.385 e. The zero-order chi connectivity index (χ0) is 14.5. The van der Waals surface area contributed by atoms with Gasteiger partial charge in [-0.3, -0.25) is 0 Å². The summed E-state index contributed by atoms with van der Waals surface area (Å²) in [6.45, 7) is 5.51. The molecular formula is C13H22N2O3S. The van der Waals surface area contributed by atoms with Crippen LogP contribution in [0.5, 0.6) is 0 Å². The zero-order valence-corrected chi connectivity index (χ0v) is 12.8. The number of hydrogen-bond donors (Lipinski definition) is 1. The minimum atomic E-state index is -3.27. The van der Waals surface area contributed by atoms with Crippen molar-refractivity contribution >= 4 is 15.7 Å². The predicted molar refractivity (Wildman–Crippen MR) is 76.1 cm³/mol. The number of hydrogen-bond acceptors (Lipinski definition) is 5. The molecule has 0 unspecified atom stereocenters. The lowest BCUT2D eigenvalue weighted by atomic mass is 9.90. The minimum Gasteiger partial charge on any atom is -0.385 e. The molecule has 0 radical (unpaired) electrons. The van der Waals surface area contributed by atoms with E-state index in [2.05, 4.69) is 24.1 Å². The number of nitrogens with one attached hydrogen (secondary N) is 1. The third-order valence-electron chi connectivity index (χ3n) is 2.89. The molecule has 0 aromatic carbocycles. The topological polar surface area (TPSA) is 68.3 Å². The first-order chi connectivity index (χ1) is 8.76. The molecule has 5 nitrogen and oxygen atoms in total. The number of aromatic nitrogens is 1. The van der Waals surface area contributed by atoms with Gasteiger partial charge in [0.1, 0.15) is 10.7 Å². The summed E-state index contributed by atoms with van der Waals surface area (Å²) in [6.07, 6.45) is 3.65. The Kier molecular flexibility index (Phi) is 5.31. The van der Waals surface area contributed by atoms with Gasteiger partial charge in [-0.1, -0.05) is 13.8 Å². The van der Waals surface area contributed by atoms with Gasteiger partial charge in [-0.2, -0.15) is 0 Å². The number of methoxy groups -OCH3 is 1. The molecule has 1 rings (SSSR count). The summed E-state index contributed by atoms with van der Waals surface area (Å²) in [5.74, 6) is 0.412. The second-order valence-corrected chi connectivity index (χ2v) is 7.37. The maximum atomic E-state index is 11.7. The van der Waals surface area contributed by atoms with Gasteiger partial charge in [-0.05, 0) is 24.0 Å². The highest BCUT2D eigenvalue weighted by Gasteiger charge is 2.20. The Bertz CT molecular complexity index is 512. The van der Waals surface area contributed by atoms with Gasteiger partial charge in [0.05, 0.1) is 0 Å². The van der Waals surface area contributed by atoms with E-state index in [1.807, 2.05) is 0 Å². The lowest BCUT2D eigenvalue weighted by molar-refractivity contribution is 0.157. The van der Waals surface area contributed by atoms with Crippen LogP contribution in [0.4, 0.5) is 5.82 Å². The maximum Gasteiger partial charge on any atom is 0.179 e. The summed E-state index contributed by atoms with van der Waals surface area (Å²) in [5, 5.41) is 3.12. The van der Waals surface area contributed by atoms with Crippen LogP contribution in [0.1, 0.15) is 20.3 Å². The molecule has 1 aromatic heterocycles. The van der Waals surface area contributed by atoms with Gasteiger partial charge in [0.15, 0.2) is 9.84 Å². The molecule has 108 valence electrons. The Morgan fingerprint density at radius 3 is 2.68 bits per heavy atom. The molecule has 0 atom stereocenters. The summed E-state index contributed by atoms with van der Waals surface area (Å²) in [4.78, 5) is 4.34. The SMILES string of the molecule is COCCC(C)(C)CNc1ncccc1S(C)(=O)=O. The van der Waals surface area contributed by atoms with Crippen LogP contribution in [0.25, 0.3) is 0 Å². The fourth-order valence-electron chi connectivity index (χ4n) is 1.61. The Hall–Kier alpha value is -1.14. The third kappa shape index (κ3) is 5.16. The monoisotopic (exact) mass is 286 g/mol. The van der Waals surface area contributed by atoms with Crippen molar-refractivity contribution < 1.29 is 13.2 Å². The average molecular weight is 286 g/mol. The zero-order valence-electron chi connectivity index (χ0n) is 11.9. The van der Waals surface area contributed by atoms with E-state index in [0.717, 1.165) is 6.42 Å². The average Bonchev–Trinajstić information content (AvgIpc) is 2.33. The first-order valence-corrected chi connectivity index (χ1v) is 8.03. The van der Waals surface area contributed by atoms with Crippen LogP contribution in [0.2, 0.25) is 0 Å². The van der Waals surface area contributed by atoms with E-state index in [0.29, 0.717) is 19.0 Å². The van der Waals surface area contributed by atoms with Gasteiger partial charge in [0, 0.05) is 32.7 Å². The van der Waals surface area contributed by atoms with Crippen molar-refractivity contribution in [3.8, 4) is 0 Å². The summed E-state index contributed by atoms with van der Waals surface area (Å²) < 4.78 is 28.4. The molecule has 0 aliphatic rings. The second-order valence-electron chi connectivity index (χ2n) is 5.38. The molecule has 0 spiro atoms. The van der Waals surface area contributed by atoms with Crippen LogP contribution in [0.15, 0.2) is 23.2 Å². The summed E-state index contributed by atoms with van der Waals surface area (Å²) in [7, 11) is -1.60. The fourth-order valence-corrected chi connectivity index (χ4v) is 2.41. The molecule has 0 saturated carbocycles. The summed E-state index contributed by atoms with van der Waals surface area (Å²) in [6, 6.07) is 3.18. The van der Waals surface area contributed by atoms with Crippen LogP contribution in [0.3, 0.4) is 0 Å². The summed E-state index contributed by atoms with van der Waals surface area (Å²) in [5.41, 5.74) is 0.00229. The van der Waals surface area contributed by atoms with Crippen molar-refractivity contribution in [3.05, 3.63) is 18.3 Å². The van der Waals surface area contributed by atoms with E-state index in [4.69, 9.17) is 4.74 Å². The van der Waals surface area contributed by atoms with E-state index in [-0.39, 0.29) is 10.3 Å². The van der Waals surface area contributed by atoms with Gasteiger partial charge < -0.3 is 10.1 Å². The van der Waals surface area contributed by atoms with Crippen molar-refractivity contribution in [1.82, 2.24) is 4.98 Å². The number of anilines is 1. The van der Waals surface area contributed by atoms with Crippen molar-refractivity contribution in [2.24, 2.45) is 5.41 Å². The Morgan fingerprint density at radius 1 is 1.42 bits per heavy atom. The van der Waals surface area contributed by atoms with Crippen molar-refractivity contribution in [1.29, 1.82) is 0 Å². The molecule has 0 saturated heterocycles. The molecule has 1 aromatic rings. The smallest absolute Gasteiger partial charge is 0.179 e. The number of pyridine rings is 1. The molecule has 0 fully saturated rings. The van der Waals surface area contributed by atoms with Crippen LogP contribution in [-0.4, -0.2) is 39.9 Å². The van der Waals surface area contributed by atoms with Gasteiger partial charge in [0.2, 0.25) is 0 Å². The van der Waals surface area contributed by atoms with Crippen LogP contribution in [-0.2, 0) is 14.6 Å². The molecular weight excluding hydrogens is 264 g/mol. The maximum absolute atomic E-state index is 11.7. The van der Waals surface area contributed by atoms with Crippen LogP contribution in [0, 0.1) is 5.41 Å².